The minimum atomic E-state index is -0.647. The lowest BCUT2D eigenvalue weighted by atomic mass is 10.1. The number of rotatable bonds is 3. The fourth-order valence-corrected chi connectivity index (χ4v) is 2.80. The smallest absolute Gasteiger partial charge is 0.340 e. The zero-order valence-electron chi connectivity index (χ0n) is 10.0. The first-order valence-corrected chi connectivity index (χ1v) is 6.36. The summed E-state index contributed by atoms with van der Waals surface area (Å²) in [4.78, 5) is 25.7. The van der Waals surface area contributed by atoms with Crippen molar-refractivity contribution in [1.29, 1.82) is 0 Å². The molecule has 0 aromatic carbocycles. The third-order valence-electron chi connectivity index (χ3n) is 2.75. The van der Waals surface area contributed by atoms with Gasteiger partial charge in [0.2, 0.25) is 0 Å². The Bertz CT molecular complexity index is 506. The van der Waals surface area contributed by atoms with Crippen LogP contribution in [-0.2, 0) is 14.3 Å². The molecule has 0 spiro atoms. The average molecular weight is 267 g/mol. The van der Waals surface area contributed by atoms with Crippen molar-refractivity contribution in [2.24, 2.45) is 0 Å². The molecule has 1 aromatic rings. The third kappa shape index (κ3) is 1.88. The largest absolute Gasteiger partial charge is 0.503 e. The highest BCUT2D eigenvalue weighted by Crippen LogP contribution is 2.38. The summed E-state index contributed by atoms with van der Waals surface area (Å²) in [6.07, 6.45) is 0. The van der Waals surface area contributed by atoms with Crippen molar-refractivity contribution in [2.75, 3.05) is 13.7 Å². The fraction of sp³-hybridized carbons (Fsp3) is 0.333. The predicted molar refractivity (Wildman–Crippen MR) is 66.1 cm³/mol. The third-order valence-corrected chi connectivity index (χ3v) is 3.67. The maximum Gasteiger partial charge on any atom is 0.340 e. The van der Waals surface area contributed by atoms with Crippen molar-refractivity contribution >= 4 is 23.2 Å². The molecule has 0 fully saturated rings. The molecule has 1 N–H and O–H groups in total. The molecule has 5 nitrogen and oxygen atoms in total. The first-order chi connectivity index (χ1) is 8.57. The van der Waals surface area contributed by atoms with Crippen molar-refractivity contribution in [3.8, 4) is 0 Å². The second kappa shape index (κ2) is 4.81. The van der Waals surface area contributed by atoms with Gasteiger partial charge in [-0.05, 0) is 18.4 Å². The summed E-state index contributed by atoms with van der Waals surface area (Å²) in [5.74, 6) is -1.73. The van der Waals surface area contributed by atoms with E-state index in [1.165, 1.54) is 16.2 Å². The van der Waals surface area contributed by atoms with E-state index in [1.807, 2.05) is 17.5 Å². The predicted octanol–water partition coefficient (Wildman–Crippen LogP) is 1.64. The summed E-state index contributed by atoms with van der Waals surface area (Å²) in [6, 6.07) is 3.09. The highest BCUT2D eigenvalue weighted by Gasteiger charge is 2.42. The zero-order chi connectivity index (χ0) is 13.3. The second-order valence-electron chi connectivity index (χ2n) is 3.82. The number of hydrogen-bond acceptors (Lipinski definition) is 5. The number of carbonyl (C=O) groups is 2. The Labute approximate surface area is 108 Å². The first-order valence-electron chi connectivity index (χ1n) is 5.48. The number of likely N-dealkylation sites (N-methyl/N-ethyl adjacent to an activating group) is 1. The van der Waals surface area contributed by atoms with Crippen LogP contribution in [0.1, 0.15) is 17.8 Å². The number of aliphatic hydroxyl groups excluding tert-OH is 1. The summed E-state index contributed by atoms with van der Waals surface area (Å²) in [5.41, 5.74) is 0.0202. The van der Waals surface area contributed by atoms with Crippen molar-refractivity contribution in [3.63, 3.8) is 0 Å². The van der Waals surface area contributed by atoms with Gasteiger partial charge < -0.3 is 14.7 Å². The molecule has 6 heteroatoms. The SMILES string of the molecule is CCOC(=O)C1=C(O)C(=O)N(C)[C@H]1c1cccs1. The minimum absolute atomic E-state index is 0.0202. The fourth-order valence-electron chi connectivity index (χ4n) is 1.92. The van der Waals surface area contributed by atoms with Crippen LogP contribution in [0.5, 0.6) is 0 Å². The molecule has 1 aliphatic heterocycles. The van der Waals surface area contributed by atoms with Gasteiger partial charge in [-0.15, -0.1) is 11.3 Å². The molecule has 0 unspecified atom stereocenters. The van der Waals surface area contributed by atoms with Gasteiger partial charge in [-0.25, -0.2) is 4.79 Å². The number of nitrogens with zero attached hydrogens (tertiary/aromatic N) is 1. The normalized spacial score (nSPS) is 19.6. The quantitative estimate of drug-likeness (QED) is 0.845. The molecule has 2 rings (SSSR count). The lowest BCUT2D eigenvalue weighted by molar-refractivity contribution is -0.139. The molecule has 1 aliphatic rings. The number of amides is 1. The molecule has 0 radical (unpaired) electrons. The Morgan fingerprint density at radius 3 is 2.89 bits per heavy atom. The van der Waals surface area contributed by atoms with Crippen LogP contribution in [-0.4, -0.2) is 35.5 Å². The molecule has 18 heavy (non-hydrogen) atoms. The van der Waals surface area contributed by atoms with Gasteiger partial charge in [0.05, 0.1) is 6.61 Å². The molecule has 0 aliphatic carbocycles. The van der Waals surface area contributed by atoms with E-state index in [4.69, 9.17) is 4.74 Å². The summed E-state index contributed by atoms with van der Waals surface area (Å²) < 4.78 is 4.89. The number of ether oxygens (including phenoxy) is 1. The van der Waals surface area contributed by atoms with Gasteiger partial charge in [-0.3, -0.25) is 4.79 Å². The number of thiophene rings is 1. The summed E-state index contributed by atoms with van der Waals surface area (Å²) in [7, 11) is 1.55. The van der Waals surface area contributed by atoms with Crippen LogP contribution in [0.4, 0.5) is 0 Å². The number of hydrogen-bond donors (Lipinski definition) is 1. The van der Waals surface area contributed by atoms with Gasteiger partial charge in [0.15, 0.2) is 5.76 Å². The lowest BCUT2D eigenvalue weighted by Crippen LogP contribution is -2.26. The number of esters is 1. The van der Waals surface area contributed by atoms with E-state index in [0.717, 1.165) is 4.88 Å². The minimum Gasteiger partial charge on any atom is -0.503 e. The van der Waals surface area contributed by atoms with Crippen molar-refractivity contribution in [3.05, 3.63) is 33.7 Å². The molecule has 0 saturated heterocycles. The number of aliphatic hydroxyl groups is 1. The first kappa shape index (κ1) is 12.6. The molecule has 96 valence electrons. The standard InChI is InChI=1S/C12H13NO4S/c1-3-17-12(16)8-9(7-5-4-6-18-7)13(2)11(15)10(8)14/h4-6,9,14H,3H2,1-2H3/t9-/m0/s1. The number of carbonyl (C=O) groups excluding carboxylic acids is 2. The van der Waals surface area contributed by atoms with Gasteiger partial charge >= 0.3 is 5.97 Å². The van der Waals surface area contributed by atoms with E-state index in [1.54, 1.807) is 14.0 Å². The van der Waals surface area contributed by atoms with Gasteiger partial charge in [-0.2, -0.15) is 0 Å². The van der Waals surface area contributed by atoms with Crippen LogP contribution in [0.2, 0.25) is 0 Å². The summed E-state index contributed by atoms with van der Waals surface area (Å²) in [6.45, 7) is 1.88. The van der Waals surface area contributed by atoms with E-state index >= 15 is 0 Å². The molecule has 1 atom stereocenters. The zero-order valence-corrected chi connectivity index (χ0v) is 10.9. The molecule has 2 heterocycles. The second-order valence-corrected chi connectivity index (χ2v) is 4.80. The van der Waals surface area contributed by atoms with Gasteiger partial charge in [-0.1, -0.05) is 6.07 Å². The Kier molecular flexibility index (Phi) is 3.38. The van der Waals surface area contributed by atoms with Crippen LogP contribution in [0.15, 0.2) is 28.8 Å². The molecule has 0 bridgehead atoms. The highest BCUT2D eigenvalue weighted by molar-refractivity contribution is 7.10. The van der Waals surface area contributed by atoms with Crippen LogP contribution in [0.25, 0.3) is 0 Å². The van der Waals surface area contributed by atoms with Crippen LogP contribution >= 0.6 is 11.3 Å². The Hall–Kier alpha value is -1.82. The van der Waals surface area contributed by atoms with E-state index in [-0.39, 0.29) is 12.2 Å². The molecular formula is C12H13NO4S. The van der Waals surface area contributed by atoms with E-state index in [0.29, 0.717) is 0 Å². The van der Waals surface area contributed by atoms with Crippen molar-refractivity contribution < 1.29 is 19.4 Å². The van der Waals surface area contributed by atoms with Gasteiger partial charge in [0, 0.05) is 11.9 Å². The van der Waals surface area contributed by atoms with Gasteiger partial charge in [0.1, 0.15) is 11.6 Å². The topological polar surface area (TPSA) is 66.8 Å². The molecule has 0 saturated carbocycles. The maximum atomic E-state index is 11.8. The van der Waals surface area contributed by atoms with E-state index in [2.05, 4.69) is 0 Å². The molecule has 1 amide bonds. The maximum absolute atomic E-state index is 11.8. The Morgan fingerprint density at radius 1 is 1.61 bits per heavy atom. The Morgan fingerprint density at radius 2 is 2.33 bits per heavy atom. The van der Waals surface area contributed by atoms with Gasteiger partial charge in [0.25, 0.3) is 5.91 Å². The lowest BCUT2D eigenvalue weighted by Gasteiger charge is -2.20. The van der Waals surface area contributed by atoms with Crippen molar-refractivity contribution in [2.45, 2.75) is 13.0 Å². The Balaban J connectivity index is 2.44. The van der Waals surface area contributed by atoms with Crippen LogP contribution < -0.4 is 0 Å². The summed E-state index contributed by atoms with van der Waals surface area (Å²) in [5, 5.41) is 11.6. The molecule has 1 aromatic heterocycles. The highest BCUT2D eigenvalue weighted by atomic mass is 32.1. The monoisotopic (exact) mass is 267 g/mol. The van der Waals surface area contributed by atoms with E-state index in [9.17, 15) is 14.7 Å². The van der Waals surface area contributed by atoms with Crippen LogP contribution in [0, 0.1) is 0 Å². The van der Waals surface area contributed by atoms with E-state index < -0.39 is 23.7 Å². The molecular weight excluding hydrogens is 254 g/mol. The summed E-state index contributed by atoms with van der Waals surface area (Å²) >= 11 is 1.42. The van der Waals surface area contributed by atoms with Crippen LogP contribution in [0.3, 0.4) is 0 Å². The van der Waals surface area contributed by atoms with Crippen molar-refractivity contribution in [1.82, 2.24) is 4.90 Å². The average Bonchev–Trinajstić information content (AvgIpc) is 2.92.